The topological polar surface area (TPSA) is 107 Å². The van der Waals surface area contributed by atoms with Crippen molar-refractivity contribution in [3.63, 3.8) is 0 Å². The van der Waals surface area contributed by atoms with Gasteiger partial charge in [-0.2, -0.15) is 4.99 Å². The predicted molar refractivity (Wildman–Crippen MR) is 64.7 cm³/mol. The molecule has 1 aromatic heterocycles. The molecule has 88 valence electrons. The predicted octanol–water partition coefficient (Wildman–Crippen LogP) is 0.297. The number of carbonyl (C=O) groups is 1. The average Bonchev–Trinajstić information content (AvgIpc) is 2.51. The Balaban J connectivity index is 2.70. The van der Waals surface area contributed by atoms with Crippen LogP contribution in [0.1, 0.15) is 10.5 Å². The van der Waals surface area contributed by atoms with Crippen molar-refractivity contribution < 1.29 is 9.90 Å². The van der Waals surface area contributed by atoms with Crippen LogP contribution in [-0.2, 0) is 7.05 Å². The van der Waals surface area contributed by atoms with Crippen LogP contribution in [0, 0.1) is 0 Å². The van der Waals surface area contributed by atoms with E-state index in [0.29, 0.717) is 5.39 Å². The number of carbonyl (C=O) groups excluding carboxylic acids is 1. The SMILES string of the molecule is Cn1c(C(=O)N=C(N)N)c(O)c2ccccc21. The molecular weight excluding hydrogens is 220 g/mol. The molecule has 6 nitrogen and oxygen atoms in total. The molecule has 0 unspecified atom stereocenters. The Morgan fingerprint density at radius 3 is 2.59 bits per heavy atom. The first kappa shape index (κ1) is 11.0. The molecule has 0 aliphatic carbocycles. The molecule has 0 saturated heterocycles. The molecule has 0 fully saturated rings. The van der Waals surface area contributed by atoms with Crippen molar-refractivity contribution in [3.8, 4) is 5.75 Å². The lowest BCUT2D eigenvalue weighted by Crippen LogP contribution is -2.24. The lowest BCUT2D eigenvalue weighted by Gasteiger charge is -2.00. The van der Waals surface area contributed by atoms with Crippen LogP contribution in [-0.4, -0.2) is 21.5 Å². The molecule has 1 heterocycles. The normalized spacial score (nSPS) is 10.4. The number of aromatic hydroxyl groups is 1. The summed E-state index contributed by atoms with van der Waals surface area (Å²) in [7, 11) is 1.66. The number of fused-ring (bicyclic) bond motifs is 1. The molecule has 0 aliphatic heterocycles. The number of hydrogen-bond donors (Lipinski definition) is 3. The second-order valence-electron chi connectivity index (χ2n) is 3.62. The van der Waals surface area contributed by atoms with Gasteiger partial charge < -0.3 is 21.1 Å². The van der Waals surface area contributed by atoms with Crippen molar-refractivity contribution >= 4 is 22.8 Å². The molecule has 2 aromatic rings. The number of rotatable bonds is 1. The number of nitrogens with two attached hydrogens (primary N) is 2. The van der Waals surface area contributed by atoms with Gasteiger partial charge >= 0.3 is 5.91 Å². The van der Waals surface area contributed by atoms with E-state index in [1.54, 1.807) is 29.8 Å². The molecule has 2 rings (SSSR count). The van der Waals surface area contributed by atoms with Crippen LogP contribution in [0.3, 0.4) is 0 Å². The van der Waals surface area contributed by atoms with Crippen LogP contribution in [0.15, 0.2) is 29.3 Å². The summed E-state index contributed by atoms with van der Waals surface area (Å²) in [6.07, 6.45) is 0. The molecule has 0 radical (unpaired) electrons. The molecule has 0 aliphatic rings. The van der Waals surface area contributed by atoms with E-state index in [9.17, 15) is 9.90 Å². The number of amides is 1. The van der Waals surface area contributed by atoms with Crippen molar-refractivity contribution in [1.29, 1.82) is 0 Å². The fourth-order valence-corrected chi connectivity index (χ4v) is 1.79. The summed E-state index contributed by atoms with van der Waals surface area (Å²) < 4.78 is 1.56. The summed E-state index contributed by atoms with van der Waals surface area (Å²) in [4.78, 5) is 15.2. The van der Waals surface area contributed by atoms with Gasteiger partial charge in [0.15, 0.2) is 17.4 Å². The van der Waals surface area contributed by atoms with Crippen LogP contribution in [0.25, 0.3) is 10.9 Å². The van der Waals surface area contributed by atoms with E-state index in [1.807, 2.05) is 6.07 Å². The van der Waals surface area contributed by atoms with E-state index in [4.69, 9.17) is 11.5 Å². The third-order valence-electron chi connectivity index (χ3n) is 2.51. The zero-order valence-electron chi connectivity index (χ0n) is 9.21. The van der Waals surface area contributed by atoms with Crippen molar-refractivity contribution in [2.45, 2.75) is 0 Å². The molecule has 0 spiro atoms. The van der Waals surface area contributed by atoms with Gasteiger partial charge in [-0.1, -0.05) is 12.1 Å². The van der Waals surface area contributed by atoms with Gasteiger partial charge in [0.1, 0.15) is 0 Å². The lowest BCUT2D eigenvalue weighted by atomic mass is 10.2. The van der Waals surface area contributed by atoms with Gasteiger partial charge in [0.2, 0.25) is 0 Å². The Hall–Kier alpha value is -2.50. The number of hydrogen-bond acceptors (Lipinski definition) is 2. The highest BCUT2D eigenvalue weighted by Crippen LogP contribution is 2.31. The fraction of sp³-hybridized carbons (Fsp3) is 0.0909. The molecule has 0 saturated carbocycles. The zero-order valence-corrected chi connectivity index (χ0v) is 9.21. The molecular formula is C11H12N4O2. The van der Waals surface area contributed by atoms with Crippen molar-refractivity contribution in [1.82, 2.24) is 4.57 Å². The summed E-state index contributed by atoms with van der Waals surface area (Å²) in [5.74, 6) is -1.11. The zero-order chi connectivity index (χ0) is 12.6. The minimum atomic E-state index is -0.666. The molecule has 5 N–H and O–H groups in total. The van der Waals surface area contributed by atoms with Gasteiger partial charge in [0, 0.05) is 12.4 Å². The Bertz CT molecular complexity index is 585. The van der Waals surface area contributed by atoms with Gasteiger partial charge in [0.05, 0.1) is 5.52 Å². The maximum Gasteiger partial charge on any atom is 0.300 e. The number of aryl methyl sites for hydroxylation is 1. The highest BCUT2D eigenvalue weighted by Gasteiger charge is 2.20. The van der Waals surface area contributed by atoms with Gasteiger partial charge in [-0.3, -0.25) is 4.79 Å². The second-order valence-corrected chi connectivity index (χ2v) is 3.62. The van der Waals surface area contributed by atoms with Gasteiger partial charge in [0.25, 0.3) is 0 Å². The molecule has 17 heavy (non-hydrogen) atoms. The van der Waals surface area contributed by atoms with Crippen LogP contribution in [0.2, 0.25) is 0 Å². The fourth-order valence-electron chi connectivity index (χ4n) is 1.79. The maximum absolute atomic E-state index is 11.7. The maximum atomic E-state index is 11.7. The van der Waals surface area contributed by atoms with Gasteiger partial charge in [-0.25, -0.2) is 0 Å². The number of para-hydroxylation sites is 1. The molecule has 1 aromatic carbocycles. The quantitative estimate of drug-likeness (QED) is 0.485. The smallest absolute Gasteiger partial charge is 0.300 e. The van der Waals surface area contributed by atoms with Crippen LogP contribution >= 0.6 is 0 Å². The van der Waals surface area contributed by atoms with E-state index in [2.05, 4.69) is 4.99 Å². The Morgan fingerprint density at radius 1 is 1.35 bits per heavy atom. The second kappa shape index (κ2) is 3.82. The van der Waals surface area contributed by atoms with Crippen molar-refractivity contribution in [2.75, 3.05) is 0 Å². The summed E-state index contributed by atoms with van der Waals surface area (Å²) >= 11 is 0. The molecule has 1 amide bonds. The van der Waals surface area contributed by atoms with Crippen LogP contribution < -0.4 is 11.5 Å². The van der Waals surface area contributed by atoms with E-state index in [-0.39, 0.29) is 17.4 Å². The number of aliphatic imine (C=N–C) groups is 1. The molecule has 0 atom stereocenters. The van der Waals surface area contributed by atoms with Crippen LogP contribution in [0.5, 0.6) is 5.75 Å². The first-order valence-electron chi connectivity index (χ1n) is 4.92. The van der Waals surface area contributed by atoms with E-state index in [1.165, 1.54) is 0 Å². The third-order valence-corrected chi connectivity index (χ3v) is 2.51. The van der Waals surface area contributed by atoms with Gasteiger partial charge in [-0.05, 0) is 12.1 Å². The van der Waals surface area contributed by atoms with Gasteiger partial charge in [-0.15, -0.1) is 0 Å². The first-order chi connectivity index (χ1) is 8.02. The largest absolute Gasteiger partial charge is 0.505 e. The summed E-state index contributed by atoms with van der Waals surface area (Å²) in [5, 5.41) is 10.5. The standard InChI is InChI=1S/C11H12N4O2/c1-15-7-5-3-2-4-6(7)9(16)8(15)10(17)14-11(12)13/h2-5,16H,1H3,(H4,12,13,14,17). The Morgan fingerprint density at radius 2 is 2.00 bits per heavy atom. The van der Waals surface area contributed by atoms with E-state index < -0.39 is 5.91 Å². The first-order valence-corrected chi connectivity index (χ1v) is 4.92. The van der Waals surface area contributed by atoms with E-state index in [0.717, 1.165) is 5.52 Å². The summed E-state index contributed by atoms with van der Waals surface area (Å²) in [5.41, 5.74) is 11.1. The number of aromatic nitrogens is 1. The summed E-state index contributed by atoms with van der Waals surface area (Å²) in [6.45, 7) is 0. The lowest BCUT2D eigenvalue weighted by molar-refractivity contribution is 0.0992. The highest BCUT2D eigenvalue weighted by atomic mass is 16.3. The third kappa shape index (κ3) is 1.69. The van der Waals surface area contributed by atoms with E-state index >= 15 is 0 Å². The Labute approximate surface area is 97.2 Å². The molecule has 6 heteroatoms. The summed E-state index contributed by atoms with van der Waals surface area (Å²) in [6, 6.07) is 7.10. The monoisotopic (exact) mass is 232 g/mol. The van der Waals surface area contributed by atoms with Crippen molar-refractivity contribution in [3.05, 3.63) is 30.0 Å². The minimum Gasteiger partial charge on any atom is -0.505 e. The van der Waals surface area contributed by atoms with Crippen LogP contribution in [0.4, 0.5) is 0 Å². The average molecular weight is 232 g/mol. The highest BCUT2D eigenvalue weighted by molar-refractivity contribution is 6.07. The number of nitrogens with zero attached hydrogens (tertiary/aromatic N) is 2. The Kier molecular flexibility index (Phi) is 2.47. The molecule has 0 bridgehead atoms. The van der Waals surface area contributed by atoms with Crippen molar-refractivity contribution in [2.24, 2.45) is 23.5 Å². The number of benzene rings is 1. The minimum absolute atomic E-state index is 0.0691. The number of guanidine groups is 1.